The molecule has 0 saturated carbocycles. The maximum Gasteiger partial charge on any atom is 0.103 e. The summed E-state index contributed by atoms with van der Waals surface area (Å²) in [6.45, 7) is 3.00. The molecular weight excluding hydrogens is 238 g/mol. The predicted octanol–water partition coefficient (Wildman–Crippen LogP) is 2.68. The molecule has 2 rings (SSSR count). The Morgan fingerprint density at radius 2 is 2.00 bits per heavy atom. The molecule has 0 aliphatic rings. The van der Waals surface area contributed by atoms with Crippen LogP contribution in [0.25, 0.3) is 0 Å². The Morgan fingerprint density at radius 3 is 2.63 bits per heavy atom. The predicted molar refractivity (Wildman–Crippen MR) is 75.6 cm³/mol. The summed E-state index contributed by atoms with van der Waals surface area (Å²) in [7, 11) is 1.69. The molecule has 1 heterocycles. The van der Waals surface area contributed by atoms with Gasteiger partial charge in [0.25, 0.3) is 0 Å². The summed E-state index contributed by atoms with van der Waals surface area (Å²) in [5.41, 5.74) is 8.47. The van der Waals surface area contributed by atoms with Crippen LogP contribution < -0.4 is 5.73 Å². The molecule has 0 amide bonds. The van der Waals surface area contributed by atoms with Crippen molar-refractivity contribution in [3.8, 4) is 0 Å². The van der Waals surface area contributed by atoms with Crippen molar-refractivity contribution in [1.29, 1.82) is 0 Å². The highest BCUT2D eigenvalue weighted by Gasteiger charge is 2.23. The van der Waals surface area contributed by atoms with E-state index in [9.17, 15) is 0 Å². The molecule has 0 aliphatic carbocycles. The molecule has 4 nitrogen and oxygen atoms in total. The van der Waals surface area contributed by atoms with Crippen molar-refractivity contribution in [2.45, 2.75) is 32.0 Å². The lowest BCUT2D eigenvalue weighted by Crippen LogP contribution is -2.24. The van der Waals surface area contributed by atoms with Crippen LogP contribution in [-0.2, 0) is 11.3 Å². The molecule has 19 heavy (non-hydrogen) atoms. The van der Waals surface area contributed by atoms with E-state index < -0.39 is 0 Å². The van der Waals surface area contributed by atoms with Crippen LogP contribution in [-0.4, -0.2) is 16.9 Å². The van der Waals surface area contributed by atoms with Gasteiger partial charge < -0.3 is 10.5 Å². The number of aryl methyl sites for hydroxylation is 1. The fraction of sp³-hybridized carbons (Fsp3) is 0.400. The van der Waals surface area contributed by atoms with Crippen LogP contribution in [0.5, 0.6) is 0 Å². The first-order valence-electron chi connectivity index (χ1n) is 6.63. The molecule has 2 aromatic rings. The molecule has 0 bridgehead atoms. The van der Waals surface area contributed by atoms with Gasteiger partial charge in [-0.3, -0.25) is 4.68 Å². The Morgan fingerprint density at radius 1 is 1.26 bits per heavy atom. The summed E-state index contributed by atoms with van der Waals surface area (Å²) in [6.07, 6.45) is 2.67. The lowest BCUT2D eigenvalue weighted by Gasteiger charge is -2.23. The first-order valence-corrected chi connectivity index (χ1v) is 6.63. The first kappa shape index (κ1) is 13.8. The number of ether oxygens (including phenoxy) is 1. The second-order valence-electron chi connectivity index (χ2n) is 4.57. The van der Waals surface area contributed by atoms with E-state index in [1.54, 1.807) is 13.3 Å². The Bertz CT molecular complexity index is 495. The topological polar surface area (TPSA) is 53.1 Å². The van der Waals surface area contributed by atoms with E-state index in [0.717, 1.165) is 24.2 Å². The zero-order chi connectivity index (χ0) is 13.7. The highest BCUT2D eigenvalue weighted by Crippen LogP contribution is 2.29. The van der Waals surface area contributed by atoms with Crippen molar-refractivity contribution in [2.75, 3.05) is 7.11 Å². The molecule has 102 valence electrons. The number of aromatic nitrogens is 2. The van der Waals surface area contributed by atoms with E-state index in [1.807, 2.05) is 41.1 Å². The molecular formula is C15H21N3O. The number of rotatable bonds is 6. The molecule has 2 N–H and O–H groups in total. The fourth-order valence-electron chi connectivity index (χ4n) is 2.31. The van der Waals surface area contributed by atoms with E-state index in [0.29, 0.717) is 0 Å². The Labute approximate surface area is 114 Å². The quantitative estimate of drug-likeness (QED) is 0.867. The number of hydrogen-bond donors (Lipinski definition) is 1. The van der Waals surface area contributed by atoms with E-state index >= 15 is 0 Å². The van der Waals surface area contributed by atoms with Gasteiger partial charge in [0.2, 0.25) is 0 Å². The van der Waals surface area contributed by atoms with Crippen LogP contribution in [0, 0.1) is 0 Å². The third-order valence-electron chi connectivity index (χ3n) is 3.23. The van der Waals surface area contributed by atoms with E-state index in [1.165, 1.54) is 0 Å². The van der Waals surface area contributed by atoms with Crippen LogP contribution in [0.4, 0.5) is 0 Å². The van der Waals surface area contributed by atoms with Crippen molar-refractivity contribution in [3.05, 3.63) is 53.9 Å². The summed E-state index contributed by atoms with van der Waals surface area (Å²) >= 11 is 0. The minimum atomic E-state index is -0.221. The molecule has 0 aliphatic heterocycles. The van der Waals surface area contributed by atoms with Crippen molar-refractivity contribution >= 4 is 0 Å². The Kier molecular flexibility index (Phi) is 4.71. The third kappa shape index (κ3) is 3.03. The molecule has 0 spiro atoms. The largest absolute Gasteiger partial charge is 0.375 e. The van der Waals surface area contributed by atoms with E-state index in [4.69, 9.17) is 10.5 Å². The van der Waals surface area contributed by atoms with Crippen molar-refractivity contribution in [2.24, 2.45) is 5.73 Å². The van der Waals surface area contributed by atoms with Crippen LogP contribution in [0.3, 0.4) is 0 Å². The van der Waals surface area contributed by atoms with Gasteiger partial charge in [-0.1, -0.05) is 37.3 Å². The normalized spacial score (nSPS) is 14.3. The lowest BCUT2D eigenvalue weighted by atomic mass is 10.0. The van der Waals surface area contributed by atoms with Gasteiger partial charge >= 0.3 is 0 Å². The fourth-order valence-corrected chi connectivity index (χ4v) is 2.31. The van der Waals surface area contributed by atoms with Gasteiger partial charge in [0.1, 0.15) is 6.10 Å². The number of nitrogens with zero attached hydrogens (tertiary/aromatic N) is 2. The Balaban J connectivity index is 2.25. The lowest BCUT2D eigenvalue weighted by molar-refractivity contribution is 0.0775. The van der Waals surface area contributed by atoms with Gasteiger partial charge in [0.15, 0.2) is 0 Å². The monoisotopic (exact) mass is 259 g/mol. The van der Waals surface area contributed by atoms with Gasteiger partial charge in [-0.05, 0) is 18.1 Å². The minimum Gasteiger partial charge on any atom is -0.375 e. The number of benzene rings is 1. The summed E-state index contributed by atoms with van der Waals surface area (Å²) < 4.78 is 7.55. The average Bonchev–Trinajstić information content (AvgIpc) is 2.89. The maximum absolute atomic E-state index is 6.37. The van der Waals surface area contributed by atoms with Gasteiger partial charge in [-0.15, -0.1) is 0 Å². The van der Waals surface area contributed by atoms with E-state index in [-0.39, 0.29) is 12.1 Å². The second kappa shape index (κ2) is 6.50. The second-order valence-corrected chi connectivity index (χ2v) is 4.57. The van der Waals surface area contributed by atoms with Gasteiger partial charge in [-0.25, -0.2) is 0 Å². The van der Waals surface area contributed by atoms with Gasteiger partial charge in [0, 0.05) is 19.9 Å². The highest BCUT2D eigenvalue weighted by molar-refractivity contribution is 5.22. The van der Waals surface area contributed by atoms with Crippen molar-refractivity contribution in [3.63, 3.8) is 0 Å². The zero-order valence-electron chi connectivity index (χ0n) is 11.5. The van der Waals surface area contributed by atoms with Crippen LogP contribution in [0.15, 0.2) is 42.6 Å². The number of hydrogen-bond acceptors (Lipinski definition) is 3. The SMILES string of the molecule is CCCn1nccc1C(N)C(OC)c1ccccc1. The van der Waals surface area contributed by atoms with Crippen molar-refractivity contribution < 1.29 is 4.74 Å². The maximum atomic E-state index is 6.37. The van der Waals surface area contributed by atoms with Gasteiger partial charge in [0.05, 0.1) is 11.7 Å². The molecule has 0 fully saturated rings. The van der Waals surface area contributed by atoms with E-state index in [2.05, 4.69) is 12.0 Å². The molecule has 1 aromatic heterocycles. The molecule has 2 atom stereocenters. The first-order chi connectivity index (χ1) is 9.27. The summed E-state index contributed by atoms with van der Waals surface area (Å²) in [5.74, 6) is 0. The smallest absolute Gasteiger partial charge is 0.103 e. The van der Waals surface area contributed by atoms with Crippen molar-refractivity contribution in [1.82, 2.24) is 9.78 Å². The average molecular weight is 259 g/mol. The summed E-state index contributed by atoms with van der Waals surface area (Å²) in [5, 5.41) is 4.32. The summed E-state index contributed by atoms with van der Waals surface area (Å²) in [4.78, 5) is 0. The molecule has 0 radical (unpaired) electrons. The van der Waals surface area contributed by atoms with Crippen LogP contribution >= 0.6 is 0 Å². The summed E-state index contributed by atoms with van der Waals surface area (Å²) in [6, 6.07) is 11.8. The molecule has 2 unspecified atom stereocenters. The van der Waals surface area contributed by atoms with Crippen LogP contribution in [0.2, 0.25) is 0 Å². The standard InChI is InChI=1S/C15H21N3O/c1-3-11-18-13(9-10-17-18)14(16)15(19-2)12-7-5-4-6-8-12/h4-10,14-15H,3,11,16H2,1-2H3. The minimum absolute atomic E-state index is 0.159. The van der Waals surface area contributed by atoms with Crippen LogP contribution in [0.1, 0.15) is 36.7 Å². The third-order valence-corrected chi connectivity index (χ3v) is 3.23. The molecule has 1 aromatic carbocycles. The Hall–Kier alpha value is -1.65. The highest BCUT2D eigenvalue weighted by atomic mass is 16.5. The molecule has 0 saturated heterocycles. The number of nitrogens with two attached hydrogens (primary N) is 1. The van der Waals surface area contributed by atoms with Gasteiger partial charge in [-0.2, -0.15) is 5.10 Å². The molecule has 4 heteroatoms. The number of methoxy groups -OCH3 is 1. The zero-order valence-corrected chi connectivity index (χ0v) is 11.5.